The highest BCUT2D eigenvalue weighted by molar-refractivity contribution is 5.76. The molecule has 124 valence electrons. The highest BCUT2D eigenvalue weighted by Gasteiger charge is 2.13. The minimum absolute atomic E-state index is 0.0656. The van der Waals surface area contributed by atoms with E-state index in [-0.39, 0.29) is 12.5 Å². The second kappa shape index (κ2) is 7.12. The van der Waals surface area contributed by atoms with Crippen LogP contribution in [0.15, 0.2) is 47.0 Å². The molecule has 0 bridgehead atoms. The van der Waals surface area contributed by atoms with Gasteiger partial charge in [-0.05, 0) is 24.6 Å². The molecule has 0 aliphatic rings. The van der Waals surface area contributed by atoms with Crippen molar-refractivity contribution in [2.75, 3.05) is 0 Å². The molecule has 1 amide bonds. The smallest absolute Gasteiger partial charge is 0.264 e. The lowest BCUT2D eigenvalue weighted by atomic mass is 10.1. The third kappa shape index (κ3) is 3.71. The molecule has 6 nitrogen and oxygen atoms in total. The van der Waals surface area contributed by atoms with Gasteiger partial charge >= 0.3 is 0 Å². The molecule has 0 unspecified atom stereocenters. The fourth-order valence-corrected chi connectivity index (χ4v) is 2.48. The van der Waals surface area contributed by atoms with Crippen molar-refractivity contribution in [3.05, 3.63) is 59.6 Å². The van der Waals surface area contributed by atoms with Gasteiger partial charge in [-0.3, -0.25) is 4.79 Å². The van der Waals surface area contributed by atoms with Crippen LogP contribution >= 0.6 is 0 Å². The number of aryl methyl sites for hydroxylation is 2. The summed E-state index contributed by atoms with van der Waals surface area (Å²) in [5.41, 5.74) is 3.01. The van der Waals surface area contributed by atoms with Crippen molar-refractivity contribution >= 4 is 5.91 Å². The van der Waals surface area contributed by atoms with E-state index in [0.29, 0.717) is 24.7 Å². The Kier molecular flexibility index (Phi) is 4.74. The number of benzene rings is 1. The molecule has 0 aliphatic carbocycles. The van der Waals surface area contributed by atoms with Gasteiger partial charge in [-0.2, -0.15) is 0 Å². The maximum atomic E-state index is 12.2. The highest BCUT2D eigenvalue weighted by atomic mass is 16.4. The molecule has 0 saturated carbocycles. The zero-order valence-electron chi connectivity index (χ0n) is 13.8. The fraction of sp³-hybridized carbons (Fsp3) is 0.278. The summed E-state index contributed by atoms with van der Waals surface area (Å²) >= 11 is 0. The highest BCUT2D eigenvalue weighted by Crippen LogP contribution is 2.18. The molecular weight excluding hydrogens is 304 g/mol. The van der Waals surface area contributed by atoms with Crippen molar-refractivity contribution in [2.45, 2.75) is 33.4 Å². The van der Waals surface area contributed by atoms with Gasteiger partial charge in [-0.15, -0.1) is 10.2 Å². The standard InChI is InChI=1S/C18H20N4O2/c1-3-17-20-21-18(24-17)15-8-5-9-22(15)12-16(23)19-11-14-7-4-6-13(2)10-14/h4-10H,3,11-12H2,1-2H3,(H,19,23). The summed E-state index contributed by atoms with van der Waals surface area (Å²) in [4.78, 5) is 12.2. The van der Waals surface area contributed by atoms with Crippen molar-refractivity contribution in [1.29, 1.82) is 0 Å². The molecule has 0 fully saturated rings. The van der Waals surface area contributed by atoms with Crippen molar-refractivity contribution < 1.29 is 9.21 Å². The van der Waals surface area contributed by atoms with Crippen LogP contribution in [0.3, 0.4) is 0 Å². The summed E-state index contributed by atoms with van der Waals surface area (Å²) in [6, 6.07) is 11.8. The van der Waals surface area contributed by atoms with E-state index < -0.39 is 0 Å². The number of carbonyl (C=O) groups is 1. The molecule has 2 heterocycles. The molecule has 0 spiro atoms. The Labute approximate surface area is 140 Å². The van der Waals surface area contributed by atoms with Crippen molar-refractivity contribution in [3.8, 4) is 11.6 Å². The molecule has 1 aromatic carbocycles. The summed E-state index contributed by atoms with van der Waals surface area (Å²) in [7, 11) is 0. The van der Waals surface area contributed by atoms with Crippen LogP contribution in [0.2, 0.25) is 0 Å². The first kappa shape index (κ1) is 16.0. The number of nitrogens with zero attached hydrogens (tertiary/aromatic N) is 3. The van der Waals surface area contributed by atoms with E-state index in [1.165, 1.54) is 5.56 Å². The van der Waals surface area contributed by atoms with Gasteiger partial charge in [0, 0.05) is 19.2 Å². The molecule has 3 rings (SSSR count). The number of aromatic nitrogens is 3. The van der Waals surface area contributed by atoms with E-state index in [1.807, 2.05) is 50.4 Å². The van der Waals surface area contributed by atoms with E-state index >= 15 is 0 Å². The Morgan fingerprint density at radius 1 is 1.25 bits per heavy atom. The Balaban J connectivity index is 1.64. The number of amides is 1. The molecule has 0 radical (unpaired) electrons. The lowest BCUT2D eigenvalue weighted by molar-refractivity contribution is -0.121. The quantitative estimate of drug-likeness (QED) is 0.756. The first-order valence-electron chi connectivity index (χ1n) is 7.96. The maximum absolute atomic E-state index is 12.2. The zero-order chi connectivity index (χ0) is 16.9. The summed E-state index contributed by atoms with van der Waals surface area (Å²) < 4.78 is 7.37. The number of carbonyl (C=O) groups excluding carboxylic acids is 1. The third-order valence-corrected chi connectivity index (χ3v) is 3.70. The molecule has 0 saturated heterocycles. The van der Waals surface area contributed by atoms with Gasteiger partial charge in [0.25, 0.3) is 5.89 Å². The van der Waals surface area contributed by atoms with Gasteiger partial charge in [0.1, 0.15) is 12.2 Å². The monoisotopic (exact) mass is 324 g/mol. The number of nitrogens with one attached hydrogen (secondary N) is 1. The van der Waals surface area contributed by atoms with Gasteiger partial charge in [-0.25, -0.2) is 0 Å². The number of hydrogen-bond donors (Lipinski definition) is 1. The van der Waals surface area contributed by atoms with Crippen LogP contribution in [-0.4, -0.2) is 20.7 Å². The lowest BCUT2D eigenvalue weighted by Gasteiger charge is -2.08. The van der Waals surface area contributed by atoms with Crippen LogP contribution in [0.25, 0.3) is 11.6 Å². The first-order valence-corrected chi connectivity index (χ1v) is 7.96. The van der Waals surface area contributed by atoms with Crippen molar-refractivity contribution in [3.63, 3.8) is 0 Å². The topological polar surface area (TPSA) is 73.0 Å². The minimum Gasteiger partial charge on any atom is -0.419 e. The van der Waals surface area contributed by atoms with Gasteiger partial charge < -0.3 is 14.3 Å². The average Bonchev–Trinajstić information content (AvgIpc) is 3.21. The summed E-state index contributed by atoms with van der Waals surface area (Å²) in [6.45, 7) is 4.71. The fourth-order valence-electron chi connectivity index (χ4n) is 2.48. The van der Waals surface area contributed by atoms with Crippen LogP contribution in [0.5, 0.6) is 0 Å². The predicted molar refractivity (Wildman–Crippen MR) is 90.1 cm³/mol. The van der Waals surface area contributed by atoms with Crippen LogP contribution < -0.4 is 5.32 Å². The molecule has 0 atom stereocenters. The van der Waals surface area contributed by atoms with Crippen LogP contribution in [-0.2, 0) is 24.3 Å². The zero-order valence-corrected chi connectivity index (χ0v) is 13.8. The third-order valence-electron chi connectivity index (χ3n) is 3.70. The summed E-state index contributed by atoms with van der Waals surface area (Å²) in [5, 5.41) is 10.9. The van der Waals surface area contributed by atoms with Crippen molar-refractivity contribution in [2.24, 2.45) is 0 Å². The Bertz CT molecular complexity index is 835. The molecule has 1 N–H and O–H groups in total. The molecule has 0 aliphatic heterocycles. The normalized spacial score (nSPS) is 10.8. The Morgan fingerprint density at radius 3 is 2.88 bits per heavy atom. The van der Waals surface area contributed by atoms with Gasteiger partial charge in [0.05, 0.1) is 0 Å². The largest absolute Gasteiger partial charge is 0.419 e. The molecule has 6 heteroatoms. The molecule has 3 aromatic rings. The Morgan fingerprint density at radius 2 is 2.12 bits per heavy atom. The second-order valence-electron chi connectivity index (χ2n) is 5.64. The van der Waals surface area contributed by atoms with Gasteiger partial charge in [0.15, 0.2) is 0 Å². The predicted octanol–water partition coefficient (Wildman–Crippen LogP) is 2.73. The first-order chi connectivity index (χ1) is 11.7. The van der Waals surface area contributed by atoms with Crippen LogP contribution in [0.4, 0.5) is 0 Å². The molecule has 24 heavy (non-hydrogen) atoms. The van der Waals surface area contributed by atoms with E-state index in [0.717, 1.165) is 11.3 Å². The number of hydrogen-bond acceptors (Lipinski definition) is 4. The Hall–Kier alpha value is -2.89. The number of rotatable bonds is 6. The van der Waals surface area contributed by atoms with Gasteiger partial charge in [0.2, 0.25) is 11.8 Å². The minimum atomic E-state index is -0.0656. The van der Waals surface area contributed by atoms with Crippen molar-refractivity contribution in [1.82, 2.24) is 20.1 Å². The lowest BCUT2D eigenvalue weighted by Crippen LogP contribution is -2.27. The molecule has 2 aromatic heterocycles. The van der Waals surface area contributed by atoms with E-state index in [9.17, 15) is 4.79 Å². The van der Waals surface area contributed by atoms with Gasteiger partial charge in [-0.1, -0.05) is 36.8 Å². The summed E-state index contributed by atoms with van der Waals surface area (Å²) in [6.07, 6.45) is 2.52. The maximum Gasteiger partial charge on any atom is 0.264 e. The molecular formula is C18H20N4O2. The SMILES string of the molecule is CCc1nnc(-c2cccn2CC(=O)NCc2cccc(C)c2)o1. The second-order valence-corrected chi connectivity index (χ2v) is 5.64. The average molecular weight is 324 g/mol. The van der Waals surface area contributed by atoms with E-state index in [4.69, 9.17) is 4.42 Å². The van der Waals surface area contributed by atoms with E-state index in [2.05, 4.69) is 21.6 Å². The van der Waals surface area contributed by atoms with Crippen LogP contribution in [0, 0.1) is 6.92 Å². The van der Waals surface area contributed by atoms with Crippen LogP contribution in [0.1, 0.15) is 23.9 Å². The van der Waals surface area contributed by atoms with E-state index in [1.54, 1.807) is 4.57 Å². The summed E-state index contributed by atoms with van der Waals surface area (Å²) in [5.74, 6) is 0.953.